The predicted octanol–water partition coefficient (Wildman–Crippen LogP) is 20.2. The zero-order chi connectivity index (χ0) is 66.6. The van der Waals surface area contributed by atoms with Crippen molar-refractivity contribution in [3.63, 3.8) is 0 Å². The Morgan fingerprint density at radius 3 is 0.844 bits per heavy atom. The van der Waals surface area contributed by atoms with Crippen LogP contribution in [0.25, 0.3) is 0 Å². The molecule has 0 amide bonds. The van der Waals surface area contributed by atoms with Crippen LogP contribution >= 0.6 is 15.6 Å². The second-order valence-corrected chi connectivity index (χ2v) is 29.7. The van der Waals surface area contributed by atoms with Crippen LogP contribution in [-0.2, 0) is 65.4 Å². The minimum absolute atomic E-state index is 0.104. The van der Waals surface area contributed by atoms with Crippen LogP contribution in [0.5, 0.6) is 0 Å². The molecule has 3 N–H and O–H groups in total. The van der Waals surface area contributed by atoms with E-state index in [9.17, 15) is 43.2 Å². The highest BCUT2D eigenvalue weighted by Gasteiger charge is 2.30. The third-order valence-electron chi connectivity index (χ3n) is 16.7. The van der Waals surface area contributed by atoms with Crippen LogP contribution in [-0.4, -0.2) is 96.7 Å². The number of aliphatic hydroxyl groups excluding tert-OH is 1. The maximum Gasteiger partial charge on any atom is 0.472 e. The van der Waals surface area contributed by atoms with Gasteiger partial charge in [0, 0.05) is 25.7 Å². The van der Waals surface area contributed by atoms with E-state index in [2.05, 4.69) is 48.5 Å². The molecule has 0 bridgehead atoms. The van der Waals surface area contributed by atoms with Crippen LogP contribution in [0.1, 0.15) is 357 Å². The van der Waals surface area contributed by atoms with Gasteiger partial charge >= 0.3 is 39.5 Å². The van der Waals surface area contributed by atoms with Crippen LogP contribution in [0.4, 0.5) is 0 Å². The first-order valence-electron chi connectivity index (χ1n) is 36.9. The summed E-state index contributed by atoms with van der Waals surface area (Å²) in [4.78, 5) is 72.4. The molecule has 0 aromatic rings. The number of carbonyl (C=O) groups is 4. The first-order chi connectivity index (χ1) is 43.3. The topological polar surface area (TPSA) is 237 Å². The van der Waals surface area contributed by atoms with Gasteiger partial charge in [0.1, 0.15) is 19.3 Å². The Balaban J connectivity index is 5.19. The lowest BCUT2D eigenvalue weighted by Crippen LogP contribution is -2.30. The summed E-state index contributed by atoms with van der Waals surface area (Å²) in [5.41, 5.74) is 0. The van der Waals surface area contributed by atoms with Gasteiger partial charge in [0.25, 0.3) is 0 Å². The Morgan fingerprint density at radius 1 is 0.322 bits per heavy atom. The fraction of sp³-hybridized carbons (Fsp3) is 0.944. The van der Waals surface area contributed by atoms with Gasteiger partial charge in [0.15, 0.2) is 12.2 Å². The van der Waals surface area contributed by atoms with Crippen molar-refractivity contribution in [1.29, 1.82) is 0 Å². The minimum atomic E-state index is -4.95. The molecule has 90 heavy (non-hydrogen) atoms. The SMILES string of the molecule is CCCCCCCCCC(=O)OC[C@H](COP(=O)(O)OC[C@H](O)COP(=O)(O)OC[C@@H](COC(=O)CCCCCCCCCCCC(C)C)OC(=O)CCCCCCCCCCCCCCCCCCC(C)C)OC(=O)CCCCCCCCCCC(C)CC. The Labute approximate surface area is 549 Å². The van der Waals surface area contributed by atoms with E-state index in [1.54, 1.807) is 0 Å². The third kappa shape index (κ3) is 63.5. The maximum absolute atomic E-state index is 13.0. The molecular weight excluding hydrogens is 1190 g/mol. The molecule has 0 saturated heterocycles. The monoisotopic (exact) mass is 1320 g/mol. The lowest BCUT2D eigenvalue weighted by molar-refractivity contribution is -0.161. The molecule has 0 heterocycles. The van der Waals surface area contributed by atoms with Gasteiger partial charge < -0.3 is 33.8 Å². The summed E-state index contributed by atoms with van der Waals surface area (Å²) in [6.07, 6.45) is 45.9. The Kier molecular flexibility index (Phi) is 60.6. The van der Waals surface area contributed by atoms with E-state index in [4.69, 9.17) is 37.0 Å². The fourth-order valence-corrected chi connectivity index (χ4v) is 12.3. The Hall–Kier alpha value is -1.94. The molecule has 0 aliphatic rings. The molecule has 0 saturated carbocycles. The minimum Gasteiger partial charge on any atom is -0.462 e. The van der Waals surface area contributed by atoms with Crippen molar-refractivity contribution >= 4 is 39.5 Å². The summed E-state index contributed by atoms with van der Waals surface area (Å²) in [5.74, 6) is 0.192. The highest BCUT2D eigenvalue weighted by molar-refractivity contribution is 7.47. The molecule has 0 aromatic carbocycles. The molecule has 0 rings (SSSR count). The van der Waals surface area contributed by atoms with Crippen LogP contribution in [0.15, 0.2) is 0 Å². The third-order valence-corrected chi connectivity index (χ3v) is 18.6. The number of ether oxygens (including phenoxy) is 4. The molecule has 534 valence electrons. The van der Waals surface area contributed by atoms with Gasteiger partial charge in [0.2, 0.25) is 0 Å². The van der Waals surface area contributed by atoms with Gasteiger partial charge in [-0.2, -0.15) is 0 Å². The summed E-state index contributed by atoms with van der Waals surface area (Å²) >= 11 is 0. The van der Waals surface area contributed by atoms with E-state index in [-0.39, 0.29) is 25.7 Å². The molecule has 0 radical (unpaired) electrons. The zero-order valence-corrected chi connectivity index (χ0v) is 60.4. The molecule has 0 spiro atoms. The van der Waals surface area contributed by atoms with Crippen molar-refractivity contribution in [2.45, 2.75) is 375 Å². The highest BCUT2D eigenvalue weighted by Crippen LogP contribution is 2.45. The van der Waals surface area contributed by atoms with E-state index in [0.717, 1.165) is 120 Å². The quantitative estimate of drug-likeness (QED) is 0.0222. The summed E-state index contributed by atoms with van der Waals surface area (Å²) in [6, 6.07) is 0. The van der Waals surface area contributed by atoms with Crippen LogP contribution in [0.3, 0.4) is 0 Å². The largest absolute Gasteiger partial charge is 0.472 e. The molecule has 0 fully saturated rings. The van der Waals surface area contributed by atoms with E-state index >= 15 is 0 Å². The number of hydrogen-bond acceptors (Lipinski definition) is 15. The molecular formula is C71H138O17P2. The van der Waals surface area contributed by atoms with Crippen molar-refractivity contribution in [3.05, 3.63) is 0 Å². The van der Waals surface area contributed by atoms with Crippen molar-refractivity contribution in [1.82, 2.24) is 0 Å². The van der Waals surface area contributed by atoms with Crippen LogP contribution < -0.4 is 0 Å². The van der Waals surface area contributed by atoms with Gasteiger partial charge in [0.05, 0.1) is 26.4 Å². The number of carbonyl (C=O) groups excluding carboxylic acids is 4. The molecule has 0 aromatic heterocycles. The number of rotatable bonds is 69. The van der Waals surface area contributed by atoms with E-state index in [0.29, 0.717) is 25.7 Å². The van der Waals surface area contributed by atoms with Gasteiger partial charge in [-0.25, -0.2) is 9.13 Å². The second kappa shape index (κ2) is 61.9. The maximum atomic E-state index is 13.0. The first kappa shape index (κ1) is 88.1. The lowest BCUT2D eigenvalue weighted by Gasteiger charge is -2.21. The smallest absolute Gasteiger partial charge is 0.462 e. The predicted molar refractivity (Wildman–Crippen MR) is 363 cm³/mol. The van der Waals surface area contributed by atoms with Gasteiger partial charge in [-0.05, 0) is 43.4 Å². The van der Waals surface area contributed by atoms with E-state index in [1.807, 2.05) is 0 Å². The molecule has 0 aliphatic heterocycles. The number of phosphoric ester groups is 2. The average molecular weight is 1330 g/mol. The zero-order valence-electron chi connectivity index (χ0n) is 58.6. The number of unbranched alkanes of at least 4 members (excludes halogenated alkanes) is 36. The Morgan fingerprint density at radius 2 is 0.567 bits per heavy atom. The fourth-order valence-electron chi connectivity index (χ4n) is 10.7. The number of aliphatic hydroxyl groups is 1. The lowest BCUT2D eigenvalue weighted by atomic mass is 9.99. The van der Waals surface area contributed by atoms with E-state index in [1.165, 1.54) is 154 Å². The van der Waals surface area contributed by atoms with Gasteiger partial charge in [-0.3, -0.25) is 37.3 Å². The van der Waals surface area contributed by atoms with Crippen molar-refractivity contribution < 1.29 is 80.2 Å². The summed E-state index contributed by atoms with van der Waals surface area (Å²) in [5, 5.41) is 10.6. The van der Waals surface area contributed by atoms with Gasteiger partial charge in [-0.15, -0.1) is 0 Å². The van der Waals surface area contributed by atoms with Crippen LogP contribution in [0.2, 0.25) is 0 Å². The first-order valence-corrected chi connectivity index (χ1v) is 39.9. The summed E-state index contributed by atoms with van der Waals surface area (Å²) in [7, 11) is -9.90. The Bertz CT molecular complexity index is 1770. The molecule has 0 aliphatic carbocycles. The number of esters is 4. The molecule has 3 unspecified atom stereocenters. The van der Waals surface area contributed by atoms with E-state index < -0.39 is 97.5 Å². The molecule has 17 nitrogen and oxygen atoms in total. The van der Waals surface area contributed by atoms with Crippen LogP contribution in [0, 0.1) is 17.8 Å². The van der Waals surface area contributed by atoms with Crippen molar-refractivity contribution in [3.8, 4) is 0 Å². The molecule has 6 atom stereocenters. The molecule has 19 heteroatoms. The summed E-state index contributed by atoms with van der Waals surface area (Å²) in [6.45, 7) is 11.8. The number of hydrogen-bond donors (Lipinski definition) is 3. The summed E-state index contributed by atoms with van der Waals surface area (Å²) < 4.78 is 68.2. The standard InChI is InChI=1S/C71H138O17P2/c1-8-10-11-12-28-38-45-52-68(73)81-58-66(88-71(76)55-48-41-34-27-26-31-37-44-51-64(7)9-2)60-85-89(77,78)83-56-65(72)57-84-90(79,80)86-61-67(59-82-69(74)53-46-39-32-25-21-23-30-36-43-50-63(5)6)87-70(75)54-47-40-33-24-20-18-16-14-13-15-17-19-22-29-35-42-49-62(3)4/h62-67,72H,8-61H2,1-7H3,(H,77,78)(H,79,80)/t64?,65-,66+,67+/m0/s1. The number of phosphoric acid groups is 2. The van der Waals surface area contributed by atoms with Gasteiger partial charge in [-0.1, -0.05) is 305 Å². The normalized spacial score (nSPS) is 14.5. The van der Waals surface area contributed by atoms with Crippen molar-refractivity contribution in [2.24, 2.45) is 17.8 Å². The second-order valence-electron chi connectivity index (χ2n) is 26.8. The highest BCUT2D eigenvalue weighted by atomic mass is 31.2. The average Bonchev–Trinajstić information content (AvgIpc) is 2.79. The van der Waals surface area contributed by atoms with Crippen molar-refractivity contribution in [2.75, 3.05) is 39.6 Å².